The fourth-order valence-electron chi connectivity index (χ4n) is 3.57. The SMILES string of the molecule is CCOc1ccc([C@@H](O)CCC(=O)N/N=C\c2cc(C)n(-c3ccc(Cl)cc3Cl)c2C)cc1. The summed E-state index contributed by atoms with van der Waals surface area (Å²) in [4.78, 5) is 12.2. The number of ether oxygens (including phenoxy) is 1. The molecule has 6 nitrogen and oxygen atoms in total. The van der Waals surface area contributed by atoms with Crippen LogP contribution in [0.2, 0.25) is 10.0 Å². The zero-order valence-corrected chi connectivity index (χ0v) is 20.3. The van der Waals surface area contributed by atoms with Crippen molar-refractivity contribution >= 4 is 35.3 Å². The molecule has 1 atom stereocenters. The third-order valence-corrected chi connectivity index (χ3v) is 5.77. The second-order valence-corrected chi connectivity index (χ2v) is 8.45. The fourth-order valence-corrected chi connectivity index (χ4v) is 4.06. The van der Waals surface area contributed by atoms with Crippen LogP contribution in [-0.4, -0.2) is 28.4 Å². The quantitative estimate of drug-likeness (QED) is 0.297. The molecule has 0 bridgehead atoms. The summed E-state index contributed by atoms with van der Waals surface area (Å²) >= 11 is 12.4. The third kappa shape index (κ3) is 6.38. The number of aliphatic hydroxyl groups excluding tert-OH is 1. The predicted octanol–water partition coefficient (Wildman–Crippen LogP) is 5.76. The van der Waals surface area contributed by atoms with E-state index in [2.05, 4.69) is 10.5 Å². The van der Waals surface area contributed by atoms with E-state index in [4.69, 9.17) is 27.9 Å². The molecule has 0 saturated carbocycles. The van der Waals surface area contributed by atoms with Gasteiger partial charge in [-0.3, -0.25) is 4.79 Å². The van der Waals surface area contributed by atoms with E-state index in [0.717, 1.165) is 34.0 Å². The first-order valence-electron chi connectivity index (χ1n) is 10.7. The maximum atomic E-state index is 12.2. The molecule has 2 aromatic carbocycles. The Morgan fingerprint density at radius 1 is 1.18 bits per heavy atom. The van der Waals surface area contributed by atoms with Gasteiger partial charge in [-0.2, -0.15) is 5.10 Å². The van der Waals surface area contributed by atoms with Gasteiger partial charge in [-0.15, -0.1) is 0 Å². The molecule has 0 aliphatic carbocycles. The van der Waals surface area contributed by atoms with Gasteiger partial charge in [0.1, 0.15) is 5.75 Å². The number of carbonyl (C=O) groups excluding carboxylic acids is 1. The summed E-state index contributed by atoms with van der Waals surface area (Å²) in [7, 11) is 0. The van der Waals surface area contributed by atoms with E-state index < -0.39 is 6.10 Å². The van der Waals surface area contributed by atoms with Crippen molar-refractivity contribution in [1.29, 1.82) is 0 Å². The molecule has 0 saturated heterocycles. The summed E-state index contributed by atoms with van der Waals surface area (Å²) < 4.78 is 7.41. The Balaban J connectivity index is 1.57. The summed E-state index contributed by atoms with van der Waals surface area (Å²) in [6.45, 7) is 6.42. The average molecular weight is 488 g/mol. The van der Waals surface area contributed by atoms with E-state index in [1.807, 2.05) is 37.5 Å². The van der Waals surface area contributed by atoms with Gasteiger partial charge in [0, 0.05) is 28.4 Å². The molecule has 0 unspecified atom stereocenters. The number of nitrogens with zero attached hydrogens (tertiary/aromatic N) is 2. The van der Waals surface area contributed by atoms with Crippen LogP contribution >= 0.6 is 23.2 Å². The van der Waals surface area contributed by atoms with Crippen molar-refractivity contribution in [1.82, 2.24) is 9.99 Å². The first kappa shape index (κ1) is 24.8. The van der Waals surface area contributed by atoms with Crippen molar-refractivity contribution in [2.24, 2.45) is 5.10 Å². The molecular weight excluding hydrogens is 461 g/mol. The van der Waals surface area contributed by atoms with Crippen molar-refractivity contribution in [3.63, 3.8) is 0 Å². The topological polar surface area (TPSA) is 75.8 Å². The lowest BCUT2D eigenvalue weighted by Gasteiger charge is -2.12. The molecular formula is C25H27Cl2N3O3. The molecule has 0 spiro atoms. The van der Waals surface area contributed by atoms with Crippen LogP contribution in [0.15, 0.2) is 53.6 Å². The number of aryl methyl sites for hydroxylation is 1. The maximum absolute atomic E-state index is 12.2. The molecule has 3 aromatic rings. The first-order valence-corrected chi connectivity index (χ1v) is 11.4. The van der Waals surface area contributed by atoms with Crippen LogP contribution in [-0.2, 0) is 4.79 Å². The zero-order valence-electron chi connectivity index (χ0n) is 18.8. The number of hydrazone groups is 1. The number of benzene rings is 2. The van der Waals surface area contributed by atoms with E-state index in [1.165, 1.54) is 0 Å². The Morgan fingerprint density at radius 2 is 1.91 bits per heavy atom. The Bertz CT molecular complexity index is 1140. The first-order chi connectivity index (χ1) is 15.8. The Hall–Kier alpha value is -2.80. The van der Waals surface area contributed by atoms with E-state index >= 15 is 0 Å². The van der Waals surface area contributed by atoms with E-state index in [0.29, 0.717) is 23.1 Å². The minimum atomic E-state index is -0.738. The van der Waals surface area contributed by atoms with Crippen LogP contribution in [0.25, 0.3) is 5.69 Å². The zero-order chi connectivity index (χ0) is 24.0. The summed E-state index contributed by atoms with van der Waals surface area (Å²) in [6.07, 6.45) is 1.30. The van der Waals surface area contributed by atoms with E-state index in [-0.39, 0.29) is 12.3 Å². The number of hydrogen-bond acceptors (Lipinski definition) is 4. The molecule has 2 N–H and O–H groups in total. The lowest BCUT2D eigenvalue weighted by Crippen LogP contribution is -2.18. The number of carbonyl (C=O) groups is 1. The summed E-state index contributed by atoms with van der Waals surface area (Å²) in [5.41, 5.74) is 6.85. The average Bonchev–Trinajstić information content (AvgIpc) is 3.06. The molecule has 1 amide bonds. The standard InChI is InChI=1S/C25H27Cl2N3O3/c1-4-33-21-8-5-18(6-9-21)24(31)11-12-25(32)29-28-15-19-13-16(2)30(17(19)3)23-10-7-20(26)14-22(23)27/h5-10,13-15,24,31H,4,11-12H2,1-3H3,(H,29,32)/b28-15-/t24-/m0/s1. The van der Waals surface area contributed by atoms with E-state index in [9.17, 15) is 9.90 Å². The number of amides is 1. The normalized spacial score (nSPS) is 12.2. The molecule has 8 heteroatoms. The molecule has 1 aromatic heterocycles. The summed E-state index contributed by atoms with van der Waals surface area (Å²) in [6, 6.07) is 14.5. The molecule has 1 heterocycles. The van der Waals surface area contributed by atoms with Crippen molar-refractivity contribution in [2.75, 3.05) is 6.61 Å². The number of aromatic nitrogens is 1. The molecule has 174 valence electrons. The second kappa shape index (κ2) is 11.4. The van der Waals surface area contributed by atoms with Gasteiger partial charge >= 0.3 is 0 Å². The molecule has 3 rings (SSSR count). The van der Waals surface area contributed by atoms with Gasteiger partial charge in [-0.25, -0.2) is 5.43 Å². The van der Waals surface area contributed by atoms with Crippen LogP contribution in [0.5, 0.6) is 5.75 Å². The number of rotatable bonds is 9. The van der Waals surface area contributed by atoms with Crippen molar-refractivity contribution in [3.05, 3.63) is 81.1 Å². The van der Waals surface area contributed by atoms with Gasteiger partial charge in [0.15, 0.2) is 0 Å². The Labute approximate surface area is 203 Å². The monoisotopic (exact) mass is 487 g/mol. The third-order valence-electron chi connectivity index (χ3n) is 5.23. The van der Waals surface area contributed by atoms with Crippen molar-refractivity contribution < 1.29 is 14.6 Å². The van der Waals surface area contributed by atoms with Crippen LogP contribution in [0.4, 0.5) is 0 Å². The molecule has 0 aliphatic rings. The number of hydrogen-bond donors (Lipinski definition) is 2. The smallest absolute Gasteiger partial charge is 0.240 e. The number of aliphatic hydroxyl groups is 1. The molecule has 0 fully saturated rings. The van der Waals surface area contributed by atoms with Gasteiger partial charge < -0.3 is 14.4 Å². The fraction of sp³-hybridized carbons (Fsp3) is 0.280. The van der Waals surface area contributed by atoms with Gasteiger partial charge in [-0.1, -0.05) is 35.3 Å². The predicted molar refractivity (Wildman–Crippen MR) is 133 cm³/mol. The lowest BCUT2D eigenvalue weighted by molar-refractivity contribution is -0.121. The van der Waals surface area contributed by atoms with Gasteiger partial charge in [0.05, 0.1) is 29.6 Å². The highest BCUT2D eigenvalue weighted by atomic mass is 35.5. The van der Waals surface area contributed by atoms with Crippen LogP contribution in [0.3, 0.4) is 0 Å². The minimum Gasteiger partial charge on any atom is -0.494 e. The molecule has 0 radical (unpaired) electrons. The highest BCUT2D eigenvalue weighted by Crippen LogP contribution is 2.28. The highest BCUT2D eigenvalue weighted by Gasteiger charge is 2.13. The molecule has 0 aliphatic heterocycles. The van der Waals surface area contributed by atoms with Gasteiger partial charge in [-0.05, 0) is 69.2 Å². The van der Waals surface area contributed by atoms with Crippen molar-refractivity contribution in [3.8, 4) is 11.4 Å². The molecule has 33 heavy (non-hydrogen) atoms. The highest BCUT2D eigenvalue weighted by molar-refractivity contribution is 6.35. The number of halogens is 2. The van der Waals surface area contributed by atoms with Gasteiger partial charge in [0.2, 0.25) is 5.91 Å². The van der Waals surface area contributed by atoms with E-state index in [1.54, 1.807) is 42.6 Å². The van der Waals surface area contributed by atoms with Crippen molar-refractivity contribution in [2.45, 2.75) is 39.7 Å². The minimum absolute atomic E-state index is 0.144. The maximum Gasteiger partial charge on any atom is 0.240 e. The van der Waals surface area contributed by atoms with Crippen LogP contribution in [0, 0.1) is 13.8 Å². The summed E-state index contributed by atoms with van der Waals surface area (Å²) in [5, 5.41) is 15.5. The summed E-state index contributed by atoms with van der Waals surface area (Å²) in [5.74, 6) is 0.476. The lowest BCUT2D eigenvalue weighted by atomic mass is 10.0. The van der Waals surface area contributed by atoms with Crippen LogP contribution < -0.4 is 10.2 Å². The largest absolute Gasteiger partial charge is 0.494 e. The number of nitrogens with one attached hydrogen (secondary N) is 1. The van der Waals surface area contributed by atoms with Gasteiger partial charge in [0.25, 0.3) is 0 Å². The Morgan fingerprint density at radius 3 is 2.58 bits per heavy atom. The second-order valence-electron chi connectivity index (χ2n) is 7.61. The van der Waals surface area contributed by atoms with Crippen LogP contribution in [0.1, 0.15) is 48.4 Å². The Kier molecular flexibility index (Phi) is 8.55.